The molecule has 1 amide bonds. The number of hydrogen-bond donors (Lipinski definition) is 2. The number of hydrogen-bond acceptors (Lipinski definition) is 6. The predicted octanol–water partition coefficient (Wildman–Crippen LogP) is 4.39. The molecule has 33 heavy (non-hydrogen) atoms. The zero-order chi connectivity index (χ0) is 23.1. The van der Waals surface area contributed by atoms with Crippen LogP contribution in [-0.4, -0.2) is 33.5 Å². The molecule has 3 heterocycles. The first kappa shape index (κ1) is 21.0. The second-order valence-corrected chi connectivity index (χ2v) is 8.29. The zero-order valence-electron chi connectivity index (χ0n) is 17.4. The largest absolute Gasteiger partial charge is 0.507 e. The Kier molecular flexibility index (Phi) is 5.26. The van der Waals surface area contributed by atoms with E-state index < -0.39 is 17.7 Å². The molecule has 2 aliphatic heterocycles. The van der Waals surface area contributed by atoms with Crippen LogP contribution in [0.25, 0.3) is 5.76 Å². The second kappa shape index (κ2) is 8.26. The van der Waals surface area contributed by atoms with E-state index in [2.05, 4.69) is 4.98 Å². The number of nitrogens with zero attached hydrogens (tertiary/aromatic N) is 2. The summed E-state index contributed by atoms with van der Waals surface area (Å²) in [5, 5.41) is 22.0. The SMILES string of the molecule is O=C1C(=O)N(c2cc(Cl)ccc2O)C(c2ccncc2)/C1=C(/O)c1ccc2c(c1)CCCO2. The summed E-state index contributed by atoms with van der Waals surface area (Å²) >= 11 is 6.12. The van der Waals surface area contributed by atoms with Crippen LogP contribution in [0.15, 0.2) is 66.5 Å². The van der Waals surface area contributed by atoms with Crippen LogP contribution >= 0.6 is 11.6 Å². The number of aromatic hydroxyl groups is 1. The molecular weight excluding hydrogens is 444 g/mol. The molecule has 0 saturated carbocycles. The van der Waals surface area contributed by atoms with Gasteiger partial charge in [0.05, 0.1) is 23.9 Å². The lowest BCUT2D eigenvalue weighted by Gasteiger charge is -2.26. The monoisotopic (exact) mass is 462 g/mol. The molecule has 0 bridgehead atoms. The van der Waals surface area contributed by atoms with Gasteiger partial charge in [-0.3, -0.25) is 19.5 Å². The number of Topliss-reactive ketones (excluding diaryl/α,β-unsaturated/α-hetero) is 1. The maximum Gasteiger partial charge on any atom is 0.300 e. The third-order valence-corrected chi connectivity index (χ3v) is 6.08. The second-order valence-electron chi connectivity index (χ2n) is 7.86. The van der Waals surface area contributed by atoms with E-state index >= 15 is 0 Å². The number of anilines is 1. The van der Waals surface area contributed by atoms with E-state index in [0.29, 0.717) is 17.7 Å². The number of ether oxygens (including phenoxy) is 1. The first-order valence-electron chi connectivity index (χ1n) is 10.4. The number of pyridine rings is 1. The van der Waals surface area contributed by atoms with Crippen LogP contribution in [0.3, 0.4) is 0 Å². The van der Waals surface area contributed by atoms with Gasteiger partial charge in [0.25, 0.3) is 11.7 Å². The topological polar surface area (TPSA) is 100.0 Å². The molecule has 8 heteroatoms. The average molecular weight is 463 g/mol. The minimum absolute atomic E-state index is 0.0734. The van der Waals surface area contributed by atoms with Gasteiger partial charge in [-0.1, -0.05) is 11.6 Å². The molecule has 1 saturated heterocycles. The fourth-order valence-electron chi connectivity index (χ4n) is 4.29. The third kappa shape index (κ3) is 3.60. The smallest absolute Gasteiger partial charge is 0.300 e. The molecule has 2 N–H and O–H groups in total. The summed E-state index contributed by atoms with van der Waals surface area (Å²) < 4.78 is 5.64. The Morgan fingerprint density at radius 3 is 2.67 bits per heavy atom. The molecule has 5 rings (SSSR count). The summed E-state index contributed by atoms with van der Waals surface area (Å²) in [4.78, 5) is 31.5. The number of carbonyl (C=O) groups is 2. The number of aliphatic hydroxyl groups is 1. The fraction of sp³-hybridized carbons (Fsp3) is 0.160. The first-order valence-corrected chi connectivity index (χ1v) is 10.8. The number of carbonyl (C=O) groups excluding carboxylic acids is 2. The lowest BCUT2D eigenvalue weighted by molar-refractivity contribution is -0.132. The molecule has 0 aliphatic carbocycles. The highest BCUT2D eigenvalue weighted by molar-refractivity contribution is 6.52. The van der Waals surface area contributed by atoms with Gasteiger partial charge >= 0.3 is 0 Å². The van der Waals surface area contributed by atoms with Crippen LogP contribution in [-0.2, 0) is 16.0 Å². The highest BCUT2D eigenvalue weighted by Gasteiger charge is 2.47. The van der Waals surface area contributed by atoms with Crippen molar-refractivity contribution in [3.8, 4) is 11.5 Å². The quantitative estimate of drug-likeness (QED) is 0.340. The molecule has 7 nitrogen and oxygen atoms in total. The molecule has 0 radical (unpaired) electrons. The Morgan fingerprint density at radius 1 is 1.09 bits per heavy atom. The van der Waals surface area contributed by atoms with Crippen molar-refractivity contribution >= 4 is 34.7 Å². The van der Waals surface area contributed by atoms with E-state index in [4.69, 9.17) is 16.3 Å². The van der Waals surface area contributed by atoms with E-state index in [0.717, 1.165) is 29.1 Å². The van der Waals surface area contributed by atoms with Gasteiger partial charge in [-0.25, -0.2) is 0 Å². The first-order chi connectivity index (χ1) is 16.0. The number of rotatable bonds is 3. The Morgan fingerprint density at radius 2 is 1.88 bits per heavy atom. The van der Waals surface area contributed by atoms with Crippen molar-refractivity contribution in [1.29, 1.82) is 0 Å². The van der Waals surface area contributed by atoms with Crippen LogP contribution in [0.5, 0.6) is 11.5 Å². The summed E-state index contributed by atoms with van der Waals surface area (Å²) in [7, 11) is 0. The van der Waals surface area contributed by atoms with Crippen molar-refractivity contribution in [2.45, 2.75) is 18.9 Å². The summed E-state index contributed by atoms with van der Waals surface area (Å²) in [5.41, 5.74) is 1.87. The molecule has 1 fully saturated rings. The maximum atomic E-state index is 13.2. The Bertz CT molecular complexity index is 1310. The van der Waals surface area contributed by atoms with Crippen LogP contribution in [0, 0.1) is 0 Å². The standard InChI is InChI=1S/C25H19ClN2O5/c26-17-4-5-19(29)18(13-17)28-22(14-7-9-27-10-8-14)21(24(31)25(28)32)23(30)16-3-6-20-15(12-16)2-1-11-33-20/h3-10,12-13,22,29-30H,1-2,11H2/b23-21-. The van der Waals surface area contributed by atoms with Gasteiger partial charge in [0.15, 0.2) is 0 Å². The fourth-order valence-corrected chi connectivity index (χ4v) is 4.46. The molecule has 166 valence electrons. The van der Waals surface area contributed by atoms with E-state index in [1.807, 2.05) is 0 Å². The van der Waals surface area contributed by atoms with Gasteiger partial charge < -0.3 is 14.9 Å². The summed E-state index contributed by atoms with van der Waals surface area (Å²) in [6, 6.07) is 11.8. The van der Waals surface area contributed by atoms with Gasteiger partial charge in [-0.05, 0) is 72.5 Å². The molecular formula is C25H19ClN2O5. The molecule has 0 spiro atoms. The highest BCUT2D eigenvalue weighted by Crippen LogP contribution is 2.45. The average Bonchev–Trinajstić information content (AvgIpc) is 3.10. The van der Waals surface area contributed by atoms with Gasteiger partial charge in [0, 0.05) is 23.0 Å². The van der Waals surface area contributed by atoms with Gasteiger partial charge in [0.2, 0.25) is 0 Å². The predicted molar refractivity (Wildman–Crippen MR) is 122 cm³/mol. The van der Waals surface area contributed by atoms with Crippen LogP contribution < -0.4 is 9.64 Å². The van der Waals surface area contributed by atoms with E-state index in [1.54, 1.807) is 30.3 Å². The number of ketones is 1. The third-order valence-electron chi connectivity index (χ3n) is 5.85. The number of aliphatic hydroxyl groups excluding tert-OH is 1. The number of amides is 1. The normalized spacial score (nSPS) is 19.3. The number of aryl methyl sites for hydroxylation is 1. The Balaban J connectivity index is 1.71. The van der Waals surface area contributed by atoms with Crippen molar-refractivity contribution in [2.24, 2.45) is 0 Å². The number of fused-ring (bicyclic) bond motifs is 1. The molecule has 1 atom stereocenters. The van der Waals surface area contributed by atoms with Crippen LogP contribution in [0.4, 0.5) is 5.69 Å². The Labute approximate surface area is 194 Å². The maximum absolute atomic E-state index is 13.2. The number of phenolic OH excluding ortho intramolecular Hbond substituents is 1. The molecule has 2 aromatic carbocycles. The van der Waals surface area contributed by atoms with Gasteiger partial charge in [-0.15, -0.1) is 0 Å². The zero-order valence-corrected chi connectivity index (χ0v) is 18.1. The van der Waals surface area contributed by atoms with E-state index in [1.165, 1.54) is 30.6 Å². The van der Waals surface area contributed by atoms with E-state index in [9.17, 15) is 19.8 Å². The minimum Gasteiger partial charge on any atom is -0.507 e. The highest BCUT2D eigenvalue weighted by atomic mass is 35.5. The lowest BCUT2D eigenvalue weighted by Crippen LogP contribution is -2.29. The molecule has 1 unspecified atom stereocenters. The van der Waals surface area contributed by atoms with Gasteiger partial charge in [0.1, 0.15) is 17.3 Å². The summed E-state index contributed by atoms with van der Waals surface area (Å²) in [6.45, 7) is 0.634. The van der Waals surface area contributed by atoms with Crippen molar-refractivity contribution in [1.82, 2.24) is 4.98 Å². The summed E-state index contributed by atoms with van der Waals surface area (Å²) in [5.74, 6) is -1.51. The lowest BCUT2D eigenvalue weighted by atomic mass is 9.94. The van der Waals surface area contributed by atoms with Crippen LogP contribution in [0.2, 0.25) is 5.02 Å². The molecule has 2 aliphatic rings. The molecule has 3 aromatic rings. The van der Waals surface area contributed by atoms with Crippen molar-refractivity contribution in [2.75, 3.05) is 11.5 Å². The number of aromatic nitrogens is 1. The van der Waals surface area contributed by atoms with Gasteiger partial charge in [-0.2, -0.15) is 0 Å². The van der Waals surface area contributed by atoms with Crippen molar-refractivity contribution < 1.29 is 24.5 Å². The van der Waals surface area contributed by atoms with E-state index in [-0.39, 0.29) is 27.8 Å². The minimum atomic E-state index is -0.982. The number of benzene rings is 2. The summed E-state index contributed by atoms with van der Waals surface area (Å²) in [6.07, 6.45) is 4.70. The van der Waals surface area contributed by atoms with Crippen molar-refractivity contribution in [3.63, 3.8) is 0 Å². The van der Waals surface area contributed by atoms with Crippen LogP contribution in [0.1, 0.15) is 29.2 Å². The number of halogens is 1. The number of phenols is 1. The van der Waals surface area contributed by atoms with Crippen molar-refractivity contribution in [3.05, 3.63) is 88.2 Å². The Hall–Kier alpha value is -3.84. The molecule has 1 aromatic heterocycles.